The molecule has 1 atom stereocenters. The second kappa shape index (κ2) is 11.2. The Morgan fingerprint density at radius 3 is 2.51 bits per heavy atom. The lowest BCUT2D eigenvalue weighted by molar-refractivity contribution is -0.384. The molecule has 0 aromatic heterocycles. The third kappa shape index (κ3) is 6.85. The standard InChI is InChI=1S/C24H25N3O8/c1-15(2)13-34-23(30)16-6-8-18(9-7-16)25-21(28)14-35-24(31)17-10-22(29)26(12-17)19-4-3-5-20(11-19)27(32)33/h3-9,11,15,17H,10,12-14H2,1-2H3,(H,25,28)/t17-/m0/s1. The fraction of sp³-hybridized carbons (Fsp3) is 0.333. The average Bonchev–Trinajstić information content (AvgIpc) is 3.23. The number of hydrogen-bond acceptors (Lipinski definition) is 8. The molecule has 0 aliphatic carbocycles. The molecule has 11 nitrogen and oxygen atoms in total. The van der Waals surface area contributed by atoms with Gasteiger partial charge >= 0.3 is 11.9 Å². The molecular weight excluding hydrogens is 458 g/mol. The predicted octanol–water partition coefficient (Wildman–Crippen LogP) is 2.94. The average molecular weight is 483 g/mol. The van der Waals surface area contributed by atoms with Crippen LogP contribution < -0.4 is 10.2 Å². The summed E-state index contributed by atoms with van der Waals surface area (Å²) in [5.41, 5.74) is 0.890. The molecule has 1 aliphatic heterocycles. The third-order valence-corrected chi connectivity index (χ3v) is 5.11. The van der Waals surface area contributed by atoms with Gasteiger partial charge in [-0.1, -0.05) is 19.9 Å². The minimum Gasteiger partial charge on any atom is -0.462 e. The zero-order chi connectivity index (χ0) is 25.5. The number of rotatable bonds is 9. The summed E-state index contributed by atoms with van der Waals surface area (Å²) in [6.45, 7) is 3.60. The van der Waals surface area contributed by atoms with Crippen molar-refractivity contribution in [2.75, 3.05) is 30.0 Å². The fourth-order valence-electron chi connectivity index (χ4n) is 3.36. The van der Waals surface area contributed by atoms with E-state index in [1.54, 1.807) is 6.07 Å². The van der Waals surface area contributed by atoms with Crippen LogP contribution in [0.5, 0.6) is 0 Å². The van der Waals surface area contributed by atoms with Gasteiger partial charge in [0, 0.05) is 30.8 Å². The van der Waals surface area contributed by atoms with E-state index in [0.29, 0.717) is 23.5 Å². The van der Waals surface area contributed by atoms with Gasteiger partial charge in [-0.2, -0.15) is 0 Å². The molecule has 2 aromatic carbocycles. The molecule has 35 heavy (non-hydrogen) atoms. The quantitative estimate of drug-likeness (QED) is 0.325. The minimum atomic E-state index is -0.800. The van der Waals surface area contributed by atoms with Gasteiger partial charge < -0.3 is 19.7 Å². The Morgan fingerprint density at radius 2 is 1.86 bits per heavy atom. The Labute approximate surface area is 201 Å². The molecule has 3 rings (SSSR count). The van der Waals surface area contributed by atoms with Gasteiger partial charge in [-0.25, -0.2) is 4.79 Å². The number of nitrogens with zero attached hydrogens (tertiary/aromatic N) is 2. The molecule has 0 spiro atoms. The first-order chi connectivity index (χ1) is 16.6. The number of carbonyl (C=O) groups excluding carboxylic acids is 4. The van der Waals surface area contributed by atoms with E-state index < -0.39 is 35.3 Å². The van der Waals surface area contributed by atoms with Crippen molar-refractivity contribution in [3.63, 3.8) is 0 Å². The lowest BCUT2D eigenvalue weighted by atomic mass is 10.1. The molecule has 11 heteroatoms. The number of non-ortho nitro benzene ring substituents is 1. The van der Waals surface area contributed by atoms with E-state index in [-0.39, 0.29) is 30.5 Å². The third-order valence-electron chi connectivity index (χ3n) is 5.11. The number of nitro benzene ring substituents is 1. The molecule has 2 aromatic rings. The van der Waals surface area contributed by atoms with Gasteiger partial charge in [-0.05, 0) is 36.2 Å². The number of carbonyl (C=O) groups is 4. The van der Waals surface area contributed by atoms with Gasteiger partial charge in [-0.3, -0.25) is 24.5 Å². The lowest BCUT2D eigenvalue weighted by Gasteiger charge is -2.16. The molecule has 184 valence electrons. The zero-order valence-electron chi connectivity index (χ0n) is 19.3. The molecule has 0 bridgehead atoms. The molecule has 0 radical (unpaired) electrons. The molecule has 1 heterocycles. The van der Waals surface area contributed by atoms with E-state index in [4.69, 9.17) is 9.47 Å². The highest BCUT2D eigenvalue weighted by molar-refractivity contribution is 6.00. The summed E-state index contributed by atoms with van der Waals surface area (Å²) in [6.07, 6.45) is -0.127. The van der Waals surface area contributed by atoms with Crippen molar-refractivity contribution in [3.8, 4) is 0 Å². The number of hydrogen-bond donors (Lipinski definition) is 1. The number of esters is 2. The van der Waals surface area contributed by atoms with Crippen LogP contribution in [-0.2, 0) is 23.9 Å². The first kappa shape index (κ1) is 25.3. The van der Waals surface area contributed by atoms with Gasteiger partial charge in [0.2, 0.25) is 5.91 Å². The van der Waals surface area contributed by atoms with E-state index in [1.807, 2.05) is 13.8 Å². The lowest BCUT2D eigenvalue weighted by Crippen LogP contribution is -2.28. The summed E-state index contributed by atoms with van der Waals surface area (Å²) < 4.78 is 10.2. The van der Waals surface area contributed by atoms with Gasteiger partial charge in [0.05, 0.1) is 28.7 Å². The number of amides is 2. The van der Waals surface area contributed by atoms with Crippen LogP contribution in [0.4, 0.5) is 17.1 Å². The van der Waals surface area contributed by atoms with Gasteiger partial charge in [0.15, 0.2) is 6.61 Å². The van der Waals surface area contributed by atoms with E-state index in [0.717, 1.165) is 0 Å². The summed E-state index contributed by atoms with van der Waals surface area (Å²) in [5.74, 6) is -2.73. The minimum absolute atomic E-state index is 0.00513. The number of nitro groups is 1. The van der Waals surface area contributed by atoms with Crippen LogP contribution in [0.25, 0.3) is 0 Å². The molecular formula is C24H25N3O8. The molecule has 0 saturated carbocycles. The van der Waals surface area contributed by atoms with Crippen molar-refractivity contribution in [2.24, 2.45) is 11.8 Å². The maximum absolute atomic E-state index is 12.4. The highest BCUT2D eigenvalue weighted by atomic mass is 16.6. The topological polar surface area (TPSA) is 145 Å². The Bertz CT molecular complexity index is 1130. The summed E-state index contributed by atoms with van der Waals surface area (Å²) >= 11 is 0. The monoisotopic (exact) mass is 483 g/mol. The predicted molar refractivity (Wildman–Crippen MR) is 125 cm³/mol. The zero-order valence-corrected chi connectivity index (χ0v) is 19.3. The van der Waals surface area contributed by atoms with Crippen molar-refractivity contribution in [1.29, 1.82) is 0 Å². The Balaban J connectivity index is 1.48. The van der Waals surface area contributed by atoms with Gasteiger partial charge in [0.1, 0.15) is 0 Å². The maximum Gasteiger partial charge on any atom is 0.338 e. The van der Waals surface area contributed by atoms with Gasteiger partial charge in [-0.15, -0.1) is 0 Å². The van der Waals surface area contributed by atoms with Crippen LogP contribution in [-0.4, -0.2) is 48.4 Å². The van der Waals surface area contributed by atoms with E-state index in [9.17, 15) is 29.3 Å². The maximum atomic E-state index is 12.4. The summed E-state index contributed by atoms with van der Waals surface area (Å²) in [5, 5.41) is 13.5. The first-order valence-corrected chi connectivity index (χ1v) is 10.9. The van der Waals surface area contributed by atoms with Crippen LogP contribution in [0.15, 0.2) is 48.5 Å². The van der Waals surface area contributed by atoms with E-state index in [2.05, 4.69) is 5.32 Å². The summed E-state index contributed by atoms with van der Waals surface area (Å²) in [4.78, 5) is 60.5. The van der Waals surface area contributed by atoms with Crippen molar-refractivity contribution in [3.05, 3.63) is 64.2 Å². The summed E-state index contributed by atoms with van der Waals surface area (Å²) in [6, 6.07) is 11.6. The van der Waals surface area contributed by atoms with Crippen LogP contribution in [0.3, 0.4) is 0 Å². The molecule has 1 aliphatic rings. The van der Waals surface area contributed by atoms with Crippen molar-refractivity contribution in [1.82, 2.24) is 0 Å². The SMILES string of the molecule is CC(C)COC(=O)c1ccc(NC(=O)COC(=O)[C@H]2CC(=O)N(c3cccc([N+](=O)[O-])c3)C2)cc1. The second-order valence-electron chi connectivity index (χ2n) is 8.41. The van der Waals surface area contributed by atoms with Crippen molar-refractivity contribution >= 4 is 40.8 Å². The Hall–Kier alpha value is -4.28. The molecule has 0 unspecified atom stereocenters. The number of benzene rings is 2. The Kier molecular flexibility index (Phi) is 8.13. The fourth-order valence-corrected chi connectivity index (χ4v) is 3.36. The van der Waals surface area contributed by atoms with E-state index in [1.165, 1.54) is 47.4 Å². The molecule has 1 saturated heterocycles. The number of nitrogens with one attached hydrogen (secondary N) is 1. The van der Waals surface area contributed by atoms with Gasteiger partial charge in [0.25, 0.3) is 11.6 Å². The van der Waals surface area contributed by atoms with Crippen LogP contribution in [0.1, 0.15) is 30.6 Å². The molecule has 1 N–H and O–H groups in total. The number of ether oxygens (including phenoxy) is 2. The highest BCUT2D eigenvalue weighted by Crippen LogP contribution is 2.28. The van der Waals surface area contributed by atoms with Crippen LogP contribution in [0, 0.1) is 22.0 Å². The van der Waals surface area contributed by atoms with Crippen LogP contribution >= 0.6 is 0 Å². The normalized spacial score (nSPS) is 15.1. The number of anilines is 2. The highest BCUT2D eigenvalue weighted by Gasteiger charge is 2.36. The van der Waals surface area contributed by atoms with Crippen molar-refractivity contribution < 1.29 is 33.6 Å². The second-order valence-corrected chi connectivity index (χ2v) is 8.41. The smallest absolute Gasteiger partial charge is 0.338 e. The van der Waals surface area contributed by atoms with Crippen LogP contribution in [0.2, 0.25) is 0 Å². The summed E-state index contributed by atoms with van der Waals surface area (Å²) in [7, 11) is 0. The first-order valence-electron chi connectivity index (χ1n) is 10.9. The molecule has 1 fully saturated rings. The largest absolute Gasteiger partial charge is 0.462 e. The Morgan fingerprint density at radius 1 is 1.14 bits per heavy atom. The molecule has 2 amide bonds. The van der Waals surface area contributed by atoms with E-state index >= 15 is 0 Å². The van der Waals surface area contributed by atoms with Crippen molar-refractivity contribution in [2.45, 2.75) is 20.3 Å².